The lowest BCUT2D eigenvalue weighted by Crippen LogP contribution is -2.25. The highest BCUT2D eigenvalue weighted by Crippen LogP contribution is 2.41. The van der Waals surface area contributed by atoms with E-state index in [1.165, 1.54) is 11.8 Å². The zero-order chi connectivity index (χ0) is 21.1. The standard InChI is InChI=1S/C24H25BrN2O2S/c1-2-20(16-8-4-3-5-9-16)27-22(17-10-6-7-11-17)26-23(28)21(24(27)29)30-19-14-12-18(25)13-15-19/h3-5,8-9,12-15,17,20,29H,2,6-7,10-11H2,1H3/t20-/m0/s1. The first-order valence-electron chi connectivity index (χ1n) is 10.4. The fraction of sp³-hybridized carbons (Fsp3) is 0.333. The second-order valence-corrected chi connectivity index (χ2v) is 9.67. The smallest absolute Gasteiger partial charge is 0.290 e. The van der Waals surface area contributed by atoms with Gasteiger partial charge in [0.1, 0.15) is 10.7 Å². The first kappa shape index (κ1) is 21.2. The normalized spacial score (nSPS) is 15.4. The predicted molar refractivity (Wildman–Crippen MR) is 125 cm³/mol. The number of benzene rings is 2. The molecule has 1 heterocycles. The van der Waals surface area contributed by atoms with Crippen LogP contribution in [0.5, 0.6) is 5.88 Å². The molecule has 1 N–H and O–H groups in total. The highest BCUT2D eigenvalue weighted by molar-refractivity contribution is 9.10. The van der Waals surface area contributed by atoms with E-state index in [2.05, 4.69) is 40.0 Å². The summed E-state index contributed by atoms with van der Waals surface area (Å²) in [5.74, 6) is 0.972. The van der Waals surface area contributed by atoms with E-state index < -0.39 is 0 Å². The average molecular weight is 485 g/mol. The van der Waals surface area contributed by atoms with Gasteiger partial charge in [0.25, 0.3) is 5.56 Å². The van der Waals surface area contributed by atoms with Crippen LogP contribution in [0.3, 0.4) is 0 Å². The fourth-order valence-corrected chi connectivity index (χ4v) is 5.35. The van der Waals surface area contributed by atoms with Crippen molar-refractivity contribution in [1.82, 2.24) is 9.55 Å². The van der Waals surface area contributed by atoms with Crippen LogP contribution >= 0.6 is 27.7 Å². The lowest BCUT2D eigenvalue weighted by Gasteiger charge is -2.27. The Kier molecular flexibility index (Phi) is 6.64. The van der Waals surface area contributed by atoms with Crippen molar-refractivity contribution < 1.29 is 5.11 Å². The molecule has 0 bridgehead atoms. The number of aromatic nitrogens is 2. The van der Waals surface area contributed by atoms with Crippen LogP contribution in [0.25, 0.3) is 0 Å². The molecule has 0 aliphatic heterocycles. The molecular weight excluding hydrogens is 460 g/mol. The molecule has 0 spiro atoms. The Morgan fingerprint density at radius 3 is 2.43 bits per heavy atom. The summed E-state index contributed by atoms with van der Waals surface area (Å²) in [4.78, 5) is 18.7. The van der Waals surface area contributed by atoms with Gasteiger partial charge >= 0.3 is 0 Å². The van der Waals surface area contributed by atoms with Gasteiger partial charge in [0.2, 0.25) is 5.88 Å². The number of hydrogen-bond donors (Lipinski definition) is 1. The van der Waals surface area contributed by atoms with E-state index in [0.29, 0.717) is 0 Å². The van der Waals surface area contributed by atoms with Crippen LogP contribution in [0.2, 0.25) is 0 Å². The zero-order valence-corrected chi connectivity index (χ0v) is 19.3. The Morgan fingerprint density at radius 2 is 1.80 bits per heavy atom. The maximum absolute atomic E-state index is 13.0. The Hall–Kier alpha value is -2.05. The zero-order valence-electron chi connectivity index (χ0n) is 16.9. The van der Waals surface area contributed by atoms with Crippen LogP contribution in [-0.2, 0) is 0 Å². The van der Waals surface area contributed by atoms with E-state index in [9.17, 15) is 9.90 Å². The van der Waals surface area contributed by atoms with Crippen LogP contribution in [0.15, 0.2) is 73.7 Å². The molecule has 4 rings (SSSR count). The number of hydrogen-bond acceptors (Lipinski definition) is 4. The third kappa shape index (κ3) is 4.35. The van der Waals surface area contributed by atoms with Crippen molar-refractivity contribution in [3.8, 4) is 5.88 Å². The quantitative estimate of drug-likeness (QED) is 0.432. The minimum absolute atomic E-state index is 0.0283. The summed E-state index contributed by atoms with van der Waals surface area (Å²) in [6.45, 7) is 2.11. The van der Waals surface area contributed by atoms with Gasteiger partial charge < -0.3 is 5.11 Å². The average Bonchev–Trinajstić information content (AvgIpc) is 3.30. The minimum atomic E-state index is -0.346. The van der Waals surface area contributed by atoms with Crippen molar-refractivity contribution in [2.45, 2.75) is 60.8 Å². The molecule has 0 saturated heterocycles. The van der Waals surface area contributed by atoms with Crippen LogP contribution in [0.4, 0.5) is 0 Å². The maximum atomic E-state index is 13.0. The number of aromatic hydroxyl groups is 1. The summed E-state index contributed by atoms with van der Waals surface area (Å²) in [6, 6.07) is 17.8. The Morgan fingerprint density at radius 1 is 1.13 bits per heavy atom. The molecule has 2 aromatic carbocycles. The molecule has 1 fully saturated rings. The monoisotopic (exact) mass is 484 g/mol. The second-order valence-electron chi connectivity index (χ2n) is 7.67. The van der Waals surface area contributed by atoms with Gasteiger partial charge in [-0.15, -0.1) is 0 Å². The van der Waals surface area contributed by atoms with Gasteiger partial charge in [-0.05, 0) is 49.1 Å². The molecule has 0 radical (unpaired) electrons. The molecule has 156 valence electrons. The van der Waals surface area contributed by atoms with Crippen molar-refractivity contribution in [2.24, 2.45) is 0 Å². The van der Waals surface area contributed by atoms with E-state index in [1.807, 2.05) is 47.0 Å². The SMILES string of the molecule is CC[C@@H](c1ccccc1)n1c(C2CCCC2)nc(=O)c(Sc2ccc(Br)cc2)c1O. The summed E-state index contributed by atoms with van der Waals surface area (Å²) in [5, 5.41) is 11.4. The predicted octanol–water partition coefficient (Wildman–Crippen LogP) is 6.52. The first-order chi connectivity index (χ1) is 14.6. The lowest BCUT2D eigenvalue weighted by molar-refractivity contribution is 0.354. The molecule has 4 nitrogen and oxygen atoms in total. The minimum Gasteiger partial charge on any atom is -0.493 e. The van der Waals surface area contributed by atoms with E-state index in [4.69, 9.17) is 0 Å². The highest BCUT2D eigenvalue weighted by Gasteiger charge is 2.29. The second kappa shape index (κ2) is 9.40. The summed E-state index contributed by atoms with van der Waals surface area (Å²) in [7, 11) is 0. The van der Waals surface area contributed by atoms with E-state index in [0.717, 1.165) is 52.9 Å². The topological polar surface area (TPSA) is 55.1 Å². The molecule has 0 unspecified atom stereocenters. The molecule has 1 atom stereocenters. The van der Waals surface area contributed by atoms with Crippen molar-refractivity contribution in [3.05, 3.63) is 80.8 Å². The van der Waals surface area contributed by atoms with Gasteiger partial charge in [0, 0.05) is 15.3 Å². The third-order valence-corrected chi connectivity index (χ3v) is 7.32. The summed E-state index contributed by atoms with van der Waals surface area (Å²) in [5.41, 5.74) is 0.765. The molecule has 6 heteroatoms. The molecule has 0 amide bonds. The number of rotatable bonds is 6. The van der Waals surface area contributed by atoms with E-state index in [-0.39, 0.29) is 28.3 Å². The van der Waals surface area contributed by atoms with Gasteiger partial charge in [-0.1, -0.05) is 77.8 Å². The van der Waals surface area contributed by atoms with Gasteiger partial charge in [-0.25, -0.2) is 0 Å². The van der Waals surface area contributed by atoms with Gasteiger partial charge in [-0.2, -0.15) is 4.98 Å². The Balaban J connectivity index is 1.86. The Bertz CT molecular complexity index is 1060. The van der Waals surface area contributed by atoms with Crippen LogP contribution in [0, 0.1) is 0 Å². The summed E-state index contributed by atoms with van der Waals surface area (Å²) >= 11 is 4.71. The molecule has 30 heavy (non-hydrogen) atoms. The molecule has 3 aromatic rings. The molecule has 1 saturated carbocycles. The highest BCUT2D eigenvalue weighted by atomic mass is 79.9. The summed E-state index contributed by atoms with van der Waals surface area (Å²) in [6.07, 6.45) is 5.09. The Labute approximate surface area is 189 Å². The van der Waals surface area contributed by atoms with Crippen molar-refractivity contribution >= 4 is 27.7 Å². The van der Waals surface area contributed by atoms with E-state index in [1.54, 1.807) is 0 Å². The third-order valence-electron chi connectivity index (χ3n) is 5.73. The number of halogens is 1. The maximum Gasteiger partial charge on any atom is 0.290 e. The molecule has 1 aliphatic rings. The largest absolute Gasteiger partial charge is 0.493 e. The summed E-state index contributed by atoms with van der Waals surface area (Å²) < 4.78 is 2.90. The molecular formula is C24H25BrN2O2S. The van der Waals surface area contributed by atoms with Crippen LogP contribution in [0.1, 0.15) is 62.4 Å². The first-order valence-corrected chi connectivity index (χ1v) is 12.0. The van der Waals surface area contributed by atoms with Gasteiger partial charge in [0.05, 0.1) is 6.04 Å². The van der Waals surface area contributed by atoms with Crippen molar-refractivity contribution in [1.29, 1.82) is 0 Å². The molecule has 1 aliphatic carbocycles. The van der Waals surface area contributed by atoms with Gasteiger partial charge in [0.15, 0.2) is 0 Å². The van der Waals surface area contributed by atoms with Crippen molar-refractivity contribution in [2.75, 3.05) is 0 Å². The fourth-order valence-electron chi connectivity index (χ4n) is 4.25. The molecule has 1 aromatic heterocycles. The van der Waals surface area contributed by atoms with E-state index >= 15 is 0 Å². The van der Waals surface area contributed by atoms with Gasteiger partial charge in [-0.3, -0.25) is 9.36 Å². The lowest BCUT2D eigenvalue weighted by atomic mass is 10.0. The number of nitrogens with zero attached hydrogens (tertiary/aromatic N) is 2. The van der Waals surface area contributed by atoms with Crippen molar-refractivity contribution in [3.63, 3.8) is 0 Å². The van der Waals surface area contributed by atoms with Crippen LogP contribution < -0.4 is 5.56 Å². The van der Waals surface area contributed by atoms with Crippen LogP contribution in [-0.4, -0.2) is 14.7 Å².